The summed E-state index contributed by atoms with van der Waals surface area (Å²) in [4.78, 5) is 11.7. The first-order valence-corrected chi connectivity index (χ1v) is 7.01. The van der Waals surface area contributed by atoms with E-state index in [1.165, 1.54) is 0 Å². The first-order chi connectivity index (χ1) is 9.23. The predicted molar refractivity (Wildman–Crippen MR) is 82.3 cm³/mol. The molecule has 0 bridgehead atoms. The quantitative estimate of drug-likeness (QED) is 0.879. The predicted octanol–water partition coefficient (Wildman–Crippen LogP) is 2.91. The smallest absolute Gasteiger partial charge is 0.258 e. The molecule has 2 N–H and O–H groups in total. The molecule has 4 nitrogen and oxygen atoms in total. The Morgan fingerprint density at radius 1 is 1.40 bits per heavy atom. The van der Waals surface area contributed by atoms with Gasteiger partial charge in [-0.3, -0.25) is 4.79 Å². The second-order valence-corrected chi connectivity index (χ2v) is 6.19. The van der Waals surface area contributed by atoms with Crippen molar-refractivity contribution in [1.29, 1.82) is 0 Å². The van der Waals surface area contributed by atoms with Crippen molar-refractivity contribution >= 4 is 17.5 Å². The number of carbonyl (C=O) groups excluding carboxylic acids is 1. The molecule has 0 radical (unpaired) electrons. The number of carbonyl (C=O) groups is 1. The Labute approximate surface area is 125 Å². The lowest BCUT2D eigenvalue weighted by Gasteiger charge is -2.20. The molecule has 0 saturated heterocycles. The van der Waals surface area contributed by atoms with Crippen molar-refractivity contribution in [3.8, 4) is 5.75 Å². The monoisotopic (exact) mass is 298 g/mol. The Hall–Kier alpha value is -1.26. The van der Waals surface area contributed by atoms with E-state index in [1.807, 2.05) is 46.9 Å². The molecule has 1 aromatic rings. The van der Waals surface area contributed by atoms with E-state index >= 15 is 0 Å². The Kier molecular flexibility index (Phi) is 5.84. The van der Waals surface area contributed by atoms with Crippen LogP contribution >= 0.6 is 11.6 Å². The summed E-state index contributed by atoms with van der Waals surface area (Å²) < 4.78 is 5.45. The van der Waals surface area contributed by atoms with Gasteiger partial charge >= 0.3 is 0 Å². The highest BCUT2D eigenvalue weighted by Crippen LogP contribution is 2.27. The zero-order valence-corrected chi connectivity index (χ0v) is 13.5. The molecule has 0 fully saturated rings. The van der Waals surface area contributed by atoms with Crippen molar-refractivity contribution in [2.75, 3.05) is 13.7 Å². The van der Waals surface area contributed by atoms with Gasteiger partial charge in [-0.1, -0.05) is 17.7 Å². The number of nitrogens with one attached hydrogen (secondary N) is 2. The van der Waals surface area contributed by atoms with Crippen molar-refractivity contribution in [2.45, 2.75) is 39.3 Å². The summed E-state index contributed by atoms with van der Waals surface area (Å²) in [5.74, 6) is 0.351. The molecule has 0 aromatic heterocycles. The van der Waals surface area contributed by atoms with Crippen LogP contribution in [0, 0.1) is 0 Å². The molecule has 0 aliphatic rings. The van der Waals surface area contributed by atoms with Gasteiger partial charge in [0.15, 0.2) is 6.61 Å². The molecule has 112 valence electrons. The first-order valence-electron chi connectivity index (χ1n) is 6.63. The maximum atomic E-state index is 11.7. The number of ether oxygens (including phenoxy) is 1. The second kappa shape index (κ2) is 6.95. The van der Waals surface area contributed by atoms with E-state index in [4.69, 9.17) is 16.3 Å². The molecule has 0 saturated carbocycles. The molecule has 0 aliphatic heterocycles. The first kappa shape index (κ1) is 16.8. The molecule has 1 amide bonds. The minimum Gasteiger partial charge on any atom is -0.482 e. The molecular formula is C15H23ClN2O2. The fourth-order valence-corrected chi connectivity index (χ4v) is 1.91. The fraction of sp³-hybridized carbons (Fsp3) is 0.533. The maximum Gasteiger partial charge on any atom is 0.258 e. The minimum atomic E-state index is -0.268. The Balaban J connectivity index is 2.63. The summed E-state index contributed by atoms with van der Waals surface area (Å²) in [6, 6.07) is 5.78. The highest BCUT2D eigenvalue weighted by Gasteiger charge is 2.15. The van der Waals surface area contributed by atoms with Gasteiger partial charge in [0.25, 0.3) is 5.91 Å². The van der Waals surface area contributed by atoms with Crippen LogP contribution in [0.3, 0.4) is 0 Å². The Morgan fingerprint density at radius 3 is 2.55 bits per heavy atom. The van der Waals surface area contributed by atoms with Crippen molar-refractivity contribution < 1.29 is 9.53 Å². The normalized spacial score (nSPS) is 12.9. The zero-order chi connectivity index (χ0) is 15.3. The molecule has 0 spiro atoms. The number of hydrogen-bond donors (Lipinski definition) is 2. The average molecular weight is 299 g/mol. The van der Waals surface area contributed by atoms with Gasteiger partial charge in [0, 0.05) is 11.6 Å². The van der Waals surface area contributed by atoms with Crippen LogP contribution in [0.15, 0.2) is 18.2 Å². The number of halogens is 1. The molecule has 1 unspecified atom stereocenters. The Morgan fingerprint density at radius 2 is 2.05 bits per heavy atom. The summed E-state index contributed by atoms with van der Waals surface area (Å²) >= 11 is 6.16. The fourth-order valence-electron chi connectivity index (χ4n) is 1.67. The highest BCUT2D eigenvalue weighted by molar-refractivity contribution is 6.32. The van der Waals surface area contributed by atoms with E-state index < -0.39 is 0 Å². The number of rotatable bonds is 5. The lowest BCUT2D eigenvalue weighted by Crippen LogP contribution is -2.43. The SMILES string of the molecule is CNC(C)c1ccc(OCC(=O)NC(C)(C)C)c(Cl)c1. The van der Waals surface area contributed by atoms with E-state index in [-0.39, 0.29) is 24.1 Å². The molecule has 20 heavy (non-hydrogen) atoms. The van der Waals surface area contributed by atoms with Crippen molar-refractivity contribution in [1.82, 2.24) is 10.6 Å². The van der Waals surface area contributed by atoms with E-state index in [1.54, 1.807) is 6.07 Å². The topological polar surface area (TPSA) is 50.4 Å². The van der Waals surface area contributed by atoms with Gasteiger partial charge in [-0.2, -0.15) is 0 Å². The second-order valence-electron chi connectivity index (χ2n) is 5.79. The maximum absolute atomic E-state index is 11.7. The van der Waals surface area contributed by atoms with E-state index in [0.29, 0.717) is 10.8 Å². The molecule has 5 heteroatoms. The van der Waals surface area contributed by atoms with Gasteiger partial charge in [-0.15, -0.1) is 0 Å². The summed E-state index contributed by atoms with van der Waals surface area (Å²) in [6.45, 7) is 7.77. The lowest BCUT2D eigenvalue weighted by atomic mass is 10.1. The van der Waals surface area contributed by atoms with Crippen LogP contribution in [0.1, 0.15) is 39.3 Å². The van der Waals surface area contributed by atoms with Crippen LogP contribution in [-0.2, 0) is 4.79 Å². The lowest BCUT2D eigenvalue weighted by molar-refractivity contribution is -0.124. The third kappa shape index (κ3) is 5.39. The van der Waals surface area contributed by atoms with Crippen LogP contribution in [-0.4, -0.2) is 25.1 Å². The number of benzene rings is 1. The number of hydrogen-bond acceptors (Lipinski definition) is 3. The molecule has 0 aliphatic carbocycles. The molecular weight excluding hydrogens is 276 g/mol. The van der Waals surface area contributed by atoms with Crippen molar-refractivity contribution in [2.24, 2.45) is 0 Å². The molecule has 1 aromatic carbocycles. The minimum absolute atomic E-state index is 0.0437. The van der Waals surface area contributed by atoms with Crippen LogP contribution in [0.25, 0.3) is 0 Å². The van der Waals surface area contributed by atoms with Crippen LogP contribution < -0.4 is 15.4 Å². The van der Waals surface area contributed by atoms with Gasteiger partial charge in [-0.05, 0) is 52.4 Å². The third-order valence-corrected chi connectivity index (χ3v) is 3.06. The van der Waals surface area contributed by atoms with Crippen molar-refractivity contribution in [3.05, 3.63) is 28.8 Å². The summed E-state index contributed by atoms with van der Waals surface area (Å²) in [5.41, 5.74) is 0.806. The van der Waals surface area contributed by atoms with Gasteiger partial charge in [0.1, 0.15) is 5.75 Å². The summed E-state index contributed by atoms with van der Waals surface area (Å²) in [6.07, 6.45) is 0. The molecule has 1 rings (SSSR count). The largest absolute Gasteiger partial charge is 0.482 e. The van der Waals surface area contributed by atoms with E-state index in [9.17, 15) is 4.79 Å². The zero-order valence-electron chi connectivity index (χ0n) is 12.7. The Bertz CT molecular complexity index is 469. The van der Waals surface area contributed by atoms with E-state index in [2.05, 4.69) is 10.6 Å². The van der Waals surface area contributed by atoms with Crippen LogP contribution in [0.4, 0.5) is 0 Å². The van der Waals surface area contributed by atoms with E-state index in [0.717, 1.165) is 5.56 Å². The van der Waals surface area contributed by atoms with Crippen LogP contribution in [0.5, 0.6) is 5.75 Å². The van der Waals surface area contributed by atoms with Gasteiger partial charge in [-0.25, -0.2) is 0 Å². The molecule has 1 atom stereocenters. The number of amides is 1. The van der Waals surface area contributed by atoms with Crippen LogP contribution in [0.2, 0.25) is 5.02 Å². The van der Waals surface area contributed by atoms with Gasteiger partial charge < -0.3 is 15.4 Å². The summed E-state index contributed by atoms with van der Waals surface area (Å²) in [7, 11) is 1.89. The summed E-state index contributed by atoms with van der Waals surface area (Å²) in [5, 5.41) is 6.48. The standard InChI is InChI=1S/C15H23ClN2O2/c1-10(17-5)11-6-7-13(12(16)8-11)20-9-14(19)18-15(2,3)4/h6-8,10,17H,9H2,1-5H3,(H,18,19). The average Bonchev–Trinajstić information content (AvgIpc) is 2.34. The van der Waals surface area contributed by atoms with Crippen molar-refractivity contribution in [3.63, 3.8) is 0 Å². The molecule has 0 heterocycles. The van der Waals surface area contributed by atoms with Gasteiger partial charge in [0.05, 0.1) is 5.02 Å². The third-order valence-electron chi connectivity index (χ3n) is 2.76. The highest BCUT2D eigenvalue weighted by atomic mass is 35.5. The van der Waals surface area contributed by atoms with Gasteiger partial charge in [0.2, 0.25) is 0 Å².